The van der Waals surface area contributed by atoms with Gasteiger partial charge in [0.15, 0.2) is 6.10 Å². The SMILES string of the molecule is Cc1cc(OC(C(=O)O)C(C)C)ccc1Cl. The number of carboxylic acids is 1. The number of benzene rings is 1. The molecule has 0 aliphatic heterocycles. The topological polar surface area (TPSA) is 46.5 Å². The van der Waals surface area contributed by atoms with Crippen LogP contribution in [-0.2, 0) is 4.79 Å². The molecule has 0 saturated carbocycles. The second-order valence-corrected chi connectivity index (χ2v) is 4.44. The quantitative estimate of drug-likeness (QED) is 0.882. The van der Waals surface area contributed by atoms with E-state index in [0.29, 0.717) is 10.8 Å². The molecule has 0 heterocycles. The fraction of sp³-hybridized carbons (Fsp3) is 0.417. The molecule has 0 spiro atoms. The molecule has 0 aromatic heterocycles. The Hall–Kier alpha value is -1.22. The second kappa shape index (κ2) is 5.21. The van der Waals surface area contributed by atoms with Crippen LogP contribution >= 0.6 is 11.6 Å². The van der Waals surface area contributed by atoms with Gasteiger partial charge in [0.05, 0.1) is 0 Å². The van der Waals surface area contributed by atoms with Crippen LogP contribution in [0.15, 0.2) is 18.2 Å². The lowest BCUT2D eigenvalue weighted by Gasteiger charge is -2.18. The average Bonchev–Trinajstić information content (AvgIpc) is 2.18. The van der Waals surface area contributed by atoms with E-state index >= 15 is 0 Å². The van der Waals surface area contributed by atoms with Crippen molar-refractivity contribution in [3.8, 4) is 5.75 Å². The van der Waals surface area contributed by atoms with Crippen molar-refractivity contribution in [1.29, 1.82) is 0 Å². The lowest BCUT2D eigenvalue weighted by Crippen LogP contribution is -2.32. The fourth-order valence-electron chi connectivity index (χ4n) is 1.31. The number of carbonyl (C=O) groups is 1. The molecule has 0 radical (unpaired) electrons. The third-order valence-corrected chi connectivity index (χ3v) is 2.67. The summed E-state index contributed by atoms with van der Waals surface area (Å²) in [5, 5.41) is 9.62. The van der Waals surface area contributed by atoms with Crippen molar-refractivity contribution in [3.63, 3.8) is 0 Å². The molecule has 1 atom stereocenters. The minimum absolute atomic E-state index is 0.0894. The highest BCUT2D eigenvalue weighted by Crippen LogP contribution is 2.23. The molecule has 0 aliphatic rings. The molecule has 4 heteroatoms. The van der Waals surface area contributed by atoms with Crippen LogP contribution in [0.25, 0.3) is 0 Å². The van der Waals surface area contributed by atoms with Gasteiger partial charge in [-0.25, -0.2) is 4.79 Å². The van der Waals surface area contributed by atoms with E-state index in [0.717, 1.165) is 5.56 Å². The Balaban J connectivity index is 2.86. The largest absolute Gasteiger partial charge is 0.478 e. The molecular weight excluding hydrogens is 228 g/mol. The first-order valence-corrected chi connectivity index (χ1v) is 5.45. The van der Waals surface area contributed by atoms with Crippen molar-refractivity contribution in [2.75, 3.05) is 0 Å². The summed E-state index contributed by atoms with van der Waals surface area (Å²) in [4.78, 5) is 10.9. The summed E-state index contributed by atoms with van der Waals surface area (Å²) in [7, 11) is 0. The summed E-state index contributed by atoms with van der Waals surface area (Å²) >= 11 is 5.87. The first-order chi connectivity index (χ1) is 7.41. The predicted octanol–water partition coefficient (Wildman–Crippen LogP) is 3.14. The second-order valence-electron chi connectivity index (χ2n) is 4.03. The van der Waals surface area contributed by atoms with Gasteiger partial charge in [-0.15, -0.1) is 0 Å². The van der Waals surface area contributed by atoms with Crippen LogP contribution in [0.1, 0.15) is 19.4 Å². The Bertz CT molecular complexity index is 388. The van der Waals surface area contributed by atoms with Crippen LogP contribution in [-0.4, -0.2) is 17.2 Å². The van der Waals surface area contributed by atoms with Gasteiger partial charge in [-0.3, -0.25) is 0 Å². The summed E-state index contributed by atoms with van der Waals surface area (Å²) < 4.78 is 5.41. The zero-order valence-electron chi connectivity index (χ0n) is 9.53. The number of aliphatic carboxylic acids is 1. The standard InChI is InChI=1S/C12H15ClO3/c1-7(2)11(12(14)15)16-9-4-5-10(13)8(3)6-9/h4-7,11H,1-3H3,(H,14,15). The van der Waals surface area contributed by atoms with Gasteiger partial charge >= 0.3 is 5.97 Å². The molecule has 0 aliphatic carbocycles. The zero-order valence-corrected chi connectivity index (χ0v) is 10.3. The highest BCUT2D eigenvalue weighted by Gasteiger charge is 2.23. The summed E-state index contributed by atoms with van der Waals surface area (Å²) in [6, 6.07) is 5.11. The van der Waals surface area contributed by atoms with Crippen LogP contribution in [0.4, 0.5) is 0 Å². The predicted molar refractivity (Wildman–Crippen MR) is 63.1 cm³/mol. The smallest absolute Gasteiger partial charge is 0.345 e. The molecule has 0 amide bonds. The maximum absolute atomic E-state index is 10.9. The van der Waals surface area contributed by atoms with Gasteiger partial charge in [0.1, 0.15) is 5.75 Å². The van der Waals surface area contributed by atoms with Crippen molar-refractivity contribution in [2.45, 2.75) is 26.9 Å². The molecule has 16 heavy (non-hydrogen) atoms. The van der Waals surface area contributed by atoms with Gasteiger partial charge < -0.3 is 9.84 Å². The minimum Gasteiger partial charge on any atom is -0.478 e. The molecule has 0 fully saturated rings. The van der Waals surface area contributed by atoms with Crippen molar-refractivity contribution in [1.82, 2.24) is 0 Å². The third kappa shape index (κ3) is 3.14. The van der Waals surface area contributed by atoms with Crippen molar-refractivity contribution in [2.24, 2.45) is 5.92 Å². The van der Waals surface area contributed by atoms with Crippen LogP contribution in [0.3, 0.4) is 0 Å². The number of aryl methyl sites for hydroxylation is 1. The molecule has 0 bridgehead atoms. The van der Waals surface area contributed by atoms with E-state index in [2.05, 4.69) is 0 Å². The maximum atomic E-state index is 10.9. The van der Waals surface area contributed by atoms with E-state index < -0.39 is 12.1 Å². The van der Waals surface area contributed by atoms with Gasteiger partial charge in [-0.05, 0) is 30.7 Å². The molecule has 88 valence electrons. The highest BCUT2D eigenvalue weighted by molar-refractivity contribution is 6.31. The average molecular weight is 243 g/mol. The number of ether oxygens (including phenoxy) is 1. The number of rotatable bonds is 4. The Labute approximate surface area is 100.0 Å². The van der Waals surface area contributed by atoms with E-state index in [9.17, 15) is 4.79 Å². The van der Waals surface area contributed by atoms with Gasteiger partial charge in [-0.1, -0.05) is 25.4 Å². The van der Waals surface area contributed by atoms with Crippen LogP contribution in [0, 0.1) is 12.8 Å². The van der Waals surface area contributed by atoms with Crippen molar-refractivity contribution >= 4 is 17.6 Å². The summed E-state index contributed by atoms with van der Waals surface area (Å²) in [6.45, 7) is 5.46. The van der Waals surface area contributed by atoms with Gasteiger partial charge in [0, 0.05) is 10.9 Å². The molecule has 1 aromatic carbocycles. The molecular formula is C12H15ClO3. The molecule has 1 unspecified atom stereocenters. The molecule has 3 nitrogen and oxygen atoms in total. The fourth-order valence-corrected chi connectivity index (χ4v) is 1.43. The minimum atomic E-state index is -0.956. The van der Waals surface area contributed by atoms with E-state index in [1.165, 1.54) is 0 Å². The van der Waals surface area contributed by atoms with E-state index in [4.69, 9.17) is 21.4 Å². The lowest BCUT2D eigenvalue weighted by atomic mass is 10.1. The number of carboxylic acid groups (broad SMARTS) is 1. The Morgan fingerprint density at radius 2 is 2.06 bits per heavy atom. The highest BCUT2D eigenvalue weighted by atomic mass is 35.5. The van der Waals surface area contributed by atoms with Crippen LogP contribution in [0.5, 0.6) is 5.75 Å². The number of hydrogen-bond acceptors (Lipinski definition) is 2. The summed E-state index contributed by atoms with van der Waals surface area (Å²) in [6.07, 6.45) is -0.833. The normalized spacial score (nSPS) is 12.6. The lowest BCUT2D eigenvalue weighted by molar-refractivity contribution is -0.147. The first kappa shape index (κ1) is 12.8. The molecule has 1 N–H and O–H groups in total. The molecule has 1 rings (SSSR count). The summed E-state index contributed by atoms with van der Waals surface area (Å²) in [5.74, 6) is -0.515. The van der Waals surface area contributed by atoms with Gasteiger partial charge in [0.25, 0.3) is 0 Å². The Morgan fingerprint density at radius 3 is 2.50 bits per heavy atom. The molecule has 0 saturated heterocycles. The van der Waals surface area contributed by atoms with Gasteiger partial charge in [-0.2, -0.15) is 0 Å². The molecule has 1 aromatic rings. The Kier molecular flexibility index (Phi) is 4.19. The monoisotopic (exact) mass is 242 g/mol. The maximum Gasteiger partial charge on any atom is 0.345 e. The Morgan fingerprint density at radius 1 is 1.44 bits per heavy atom. The van der Waals surface area contributed by atoms with Crippen LogP contribution in [0.2, 0.25) is 5.02 Å². The number of hydrogen-bond donors (Lipinski definition) is 1. The van der Waals surface area contributed by atoms with E-state index in [-0.39, 0.29) is 5.92 Å². The van der Waals surface area contributed by atoms with Crippen molar-refractivity contribution < 1.29 is 14.6 Å². The van der Waals surface area contributed by atoms with Crippen LogP contribution < -0.4 is 4.74 Å². The van der Waals surface area contributed by atoms with Crippen molar-refractivity contribution in [3.05, 3.63) is 28.8 Å². The third-order valence-electron chi connectivity index (χ3n) is 2.24. The van der Waals surface area contributed by atoms with Gasteiger partial charge in [0.2, 0.25) is 0 Å². The number of halogens is 1. The summed E-state index contributed by atoms with van der Waals surface area (Å²) in [5.41, 5.74) is 0.868. The van der Waals surface area contributed by atoms with E-state index in [1.54, 1.807) is 18.2 Å². The first-order valence-electron chi connectivity index (χ1n) is 5.07. The van der Waals surface area contributed by atoms with E-state index in [1.807, 2.05) is 20.8 Å². The zero-order chi connectivity index (χ0) is 12.3.